The van der Waals surface area contributed by atoms with Crippen molar-refractivity contribution < 1.29 is 9.09 Å². The first-order chi connectivity index (χ1) is 11.6. The van der Waals surface area contributed by atoms with E-state index >= 15 is 0 Å². The number of aromatic nitrogens is 4. The lowest BCUT2D eigenvalue weighted by Gasteiger charge is -2.13. The van der Waals surface area contributed by atoms with Gasteiger partial charge in [-0.3, -0.25) is 4.57 Å². The van der Waals surface area contributed by atoms with Gasteiger partial charge in [0.1, 0.15) is 17.6 Å². The molecule has 1 unspecified atom stereocenters. The molecule has 0 aliphatic carbocycles. The van der Waals surface area contributed by atoms with Gasteiger partial charge in [0.05, 0.1) is 6.33 Å². The average Bonchev–Trinajstić information content (AvgIpc) is 2.98. The van der Waals surface area contributed by atoms with Crippen molar-refractivity contribution in [3.63, 3.8) is 0 Å². The average molecular weight is 345 g/mol. The van der Waals surface area contributed by atoms with Crippen molar-refractivity contribution in [2.75, 3.05) is 11.9 Å². The molecule has 2 N–H and O–H groups in total. The van der Waals surface area contributed by atoms with Gasteiger partial charge in [-0.05, 0) is 24.5 Å². The highest BCUT2D eigenvalue weighted by molar-refractivity contribution is 7.39. The van der Waals surface area contributed by atoms with Crippen LogP contribution in [0.3, 0.4) is 0 Å². The van der Waals surface area contributed by atoms with Crippen molar-refractivity contribution in [3.05, 3.63) is 43.0 Å². The number of para-hydroxylation sites is 1. The lowest BCUT2D eigenvalue weighted by molar-refractivity contribution is 0.458. The van der Waals surface area contributed by atoms with E-state index in [1.165, 1.54) is 6.33 Å². The van der Waals surface area contributed by atoms with Crippen LogP contribution in [-0.4, -0.2) is 25.7 Å². The third-order valence-corrected chi connectivity index (χ3v) is 4.91. The molecule has 2 atom stereocenters. The van der Waals surface area contributed by atoms with E-state index in [2.05, 4.69) is 21.9 Å². The fourth-order valence-corrected chi connectivity index (χ4v) is 3.72. The van der Waals surface area contributed by atoms with Crippen LogP contribution >= 0.6 is 8.03 Å². The summed E-state index contributed by atoms with van der Waals surface area (Å²) >= 11 is 0. The SMILES string of the molecule is C[C@@H](CC[PH](=O)Oc1ccccc1)Cn1cnc2c(N)ncnc21. The van der Waals surface area contributed by atoms with E-state index in [0.29, 0.717) is 29.2 Å². The molecule has 3 aromatic rings. The van der Waals surface area contributed by atoms with Crippen LogP contribution in [0.25, 0.3) is 11.2 Å². The van der Waals surface area contributed by atoms with Gasteiger partial charge in [0.25, 0.3) is 0 Å². The number of hydrogen-bond donors (Lipinski definition) is 1. The molecule has 0 amide bonds. The lowest BCUT2D eigenvalue weighted by Crippen LogP contribution is -2.09. The van der Waals surface area contributed by atoms with Crippen molar-refractivity contribution in [3.8, 4) is 5.75 Å². The number of nitrogen functional groups attached to an aromatic ring is 1. The second kappa shape index (κ2) is 7.45. The second-order valence-electron chi connectivity index (χ2n) is 5.76. The lowest BCUT2D eigenvalue weighted by atomic mass is 10.1. The zero-order valence-electron chi connectivity index (χ0n) is 13.4. The summed E-state index contributed by atoms with van der Waals surface area (Å²) in [5.41, 5.74) is 7.13. The minimum atomic E-state index is -2.08. The maximum atomic E-state index is 12.1. The number of hydrogen-bond acceptors (Lipinski definition) is 6. The molecular weight excluding hydrogens is 325 g/mol. The van der Waals surface area contributed by atoms with Crippen LogP contribution in [0.1, 0.15) is 13.3 Å². The van der Waals surface area contributed by atoms with Gasteiger partial charge in [0.15, 0.2) is 11.5 Å². The molecule has 7 nitrogen and oxygen atoms in total. The maximum Gasteiger partial charge on any atom is 0.236 e. The quantitative estimate of drug-likeness (QED) is 0.661. The first kappa shape index (κ1) is 16.5. The van der Waals surface area contributed by atoms with Crippen molar-refractivity contribution in [1.29, 1.82) is 0 Å². The predicted molar refractivity (Wildman–Crippen MR) is 94.5 cm³/mol. The Balaban J connectivity index is 1.54. The Hall–Kier alpha value is -2.40. The topological polar surface area (TPSA) is 95.9 Å². The van der Waals surface area contributed by atoms with E-state index in [9.17, 15) is 4.57 Å². The summed E-state index contributed by atoms with van der Waals surface area (Å²) in [6, 6.07) is 9.26. The molecule has 2 heterocycles. The van der Waals surface area contributed by atoms with Crippen LogP contribution in [0.15, 0.2) is 43.0 Å². The van der Waals surface area contributed by atoms with E-state index in [0.717, 1.165) is 18.6 Å². The van der Waals surface area contributed by atoms with E-state index in [1.54, 1.807) is 6.33 Å². The van der Waals surface area contributed by atoms with E-state index in [4.69, 9.17) is 10.3 Å². The second-order valence-corrected chi connectivity index (χ2v) is 7.21. The summed E-state index contributed by atoms with van der Waals surface area (Å²) in [6.07, 6.45) is 4.50. The molecule has 24 heavy (non-hydrogen) atoms. The molecule has 2 aromatic heterocycles. The van der Waals surface area contributed by atoms with Crippen LogP contribution in [0.2, 0.25) is 0 Å². The summed E-state index contributed by atoms with van der Waals surface area (Å²) in [5.74, 6) is 1.35. The highest BCUT2D eigenvalue weighted by atomic mass is 31.1. The van der Waals surface area contributed by atoms with Gasteiger partial charge in [-0.25, -0.2) is 15.0 Å². The molecule has 0 spiro atoms. The Morgan fingerprint density at radius 2 is 2.04 bits per heavy atom. The zero-order valence-corrected chi connectivity index (χ0v) is 14.4. The Labute approximate surface area is 140 Å². The van der Waals surface area contributed by atoms with Gasteiger partial charge in [-0.2, -0.15) is 0 Å². The smallest absolute Gasteiger partial charge is 0.236 e. The molecule has 0 fully saturated rings. The van der Waals surface area contributed by atoms with Crippen LogP contribution in [0.5, 0.6) is 5.75 Å². The zero-order chi connectivity index (χ0) is 16.9. The maximum absolute atomic E-state index is 12.1. The Morgan fingerprint density at radius 3 is 2.83 bits per heavy atom. The van der Waals surface area contributed by atoms with Crippen molar-refractivity contribution >= 4 is 25.0 Å². The molecule has 1 aromatic carbocycles. The highest BCUT2D eigenvalue weighted by Crippen LogP contribution is 2.28. The third-order valence-electron chi connectivity index (χ3n) is 3.75. The minimum Gasteiger partial charge on any atom is -0.445 e. The Bertz CT molecular complexity index is 837. The first-order valence-electron chi connectivity index (χ1n) is 7.80. The number of anilines is 1. The summed E-state index contributed by atoms with van der Waals surface area (Å²) in [5, 5.41) is 0. The standard InChI is InChI=1S/C16H20N5O2P/c1-12(7-8-24(22)23-13-5-3-2-4-6-13)9-21-11-20-14-15(17)18-10-19-16(14)21/h2-6,10-12,24H,7-9H2,1H3,(H2,17,18,19)/t12-/m0/s1. The fraction of sp³-hybridized carbons (Fsp3) is 0.312. The highest BCUT2D eigenvalue weighted by Gasteiger charge is 2.12. The van der Waals surface area contributed by atoms with Gasteiger partial charge in [0.2, 0.25) is 8.03 Å². The summed E-state index contributed by atoms with van der Waals surface area (Å²) in [6.45, 7) is 2.83. The Morgan fingerprint density at radius 1 is 1.25 bits per heavy atom. The first-order valence-corrected chi connectivity index (χ1v) is 9.33. The number of benzene rings is 1. The van der Waals surface area contributed by atoms with Gasteiger partial charge < -0.3 is 14.8 Å². The number of rotatable bonds is 7. The molecule has 8 heteroatoms. The van der Waals surface area contributed by atoms with Crippen LogP contribution in [0, 0.1) is 5.92 Å². The largest absolute Gasteiger partial charge is 0.445 e. The van der Waals surface area contributed by atoms with Gasteiger partial charge in [-0.15, -0.1) is 0 Å². The molecule has 0 saturated heterocycles. The van der Waals surface area contributed by atoms with E-state index < -0.39 is 8.03 Å². The molecule has 0 aliphatic heterocycles. The third kappa shape index (κ3) is 3.92. The minimum absolute atomic E-state index is 0.312. The molecule has 0 saturated carbocycles. The predicted octanol–water partition coefficient (Wildman–Crippen LogP) is 2.99. The van der Waals surface area contributed by atoms with Gasteiger partial charge in [0, 0.05) is 12.7 Å². The van der Waals surface area contributed by atoms with Crippen LogP contribution in [0.4, 0.5) is 5.82 Å². The molecule has 0 aliphatic rings. The number of nitrogens with two attached hydrogens (primary N) is 1. The van der Waals surface area contributed by atoms with Crippen molar-refractivity contribution in [2.45, 2.75) is 19.9 Å². The number of imidazole rings is 1. The number of fused-ring (bicyclic) bond motifs is 1. The molecule has 3 rings (SSSR count). The van der Waals surface area contributed by atoms with Crippen molar-refractivity contribution in [1.82, 2.24) is 19.5 Å². The molecular formula is C16H20N5O2P. The van der Waals surface area contributed by atoms with Crippen molar-refractivity contribution in [2.24, 2.45) is 5.92 Å². The van der Waals surface area contributed by atoms with Crippen LogP contribution in [-0.2, 0) is 11.1 Å². The summed E-state index contributed by atoms with van der Waals surface area (Å²) in [4.78, 5) is 12.4. The van der Waals surface area contributed by atoms with E-state index in [1.807, 2.05) is 34.9 Å². The van der Waals surface area contributed by atoms with Gasteiger partial charge in [-0.1, -0.05) is 25.1 Å². The van der Waals surface area contributed by atoms with E-state index in [-0.39, 0.29) is 0 Å². The number of nitrogens with zero attached hydrogens (tertiary/aromatic N) is 4. The van der Waals surface area contributed by atoms with Crippen LogP contribution < -0.4 is 10.3 Å². The monoisotopic (exact) mass is 345 g/mol. The fourth-order valence-electron chi connectivity index (χ4n) is 2.49. The van der Waals surface area contributed by atoms with Gasteiger partial charge >= 0.3 is 0 Å². The Kier molecular flexibility index (Phi) is 5.11. The summed E-state index contributed by atoms with van der Waals surface area (Å²) in [7, 11) is -2.08. The molecule has 126 valence electrons. The summed E-state index contributed by atoms with van der Waals surface area (Å²) < 4.78 is 19.5. The molecule has 0 radical (unpaired) electrons. The molecule has 0 bridgehead atoms. The normalized spacial score (nSPS) is 13.7.